The van der Waals surface area contributed by atoms with Gasteiger partial charge in [0, 0.05) is 24.6 Å². The van der Waals surface area contributed by atoms with Crippen LogP contribution in [0.4, 0.5) is 0 Å². The fourth-order valence-corrected chi connectivity index (χ4v) is 2.58. The molecule has 17 heavy (non-hydrogen) atoms. The molecule has 1 aliphatic heterocycles. The van der Waals surface area contributed by atoms with E-state index in [1.165, 1.54) is 32.4 Å². The first-order valence-electron chi connectivity index (χ1n) is 7.18. The first-order chi connectivity index (χ1) is 8.15. The Morgan fingerprint density at radius 2 is 1.94 bits per heavy atom. The molecule has 1 saturated heterocycles. The molecule has 0 spiro atoms. The minimum Gasteiger partial charge on any atom is -0.396 e. The number of likely N-dealkylation sites (tertiary alicyclic amines) is 1. The third kappa shape index (κ3) is 4.57. The van der Waals surface area contributed by atoms with E-state index in [2.05, 4.69) is 31.1 Å². The number of nitrogens with zero attached hydrogens (tertiary/aromatic N) is 1. The summed E-state index contributed by atoms with van der Waals surface area (Å²) in [5.41, 5.74) is 0.0954. The van der Waals surface area contributed by atoms with Crippen molar-refractivity contribution in [2.45, 2.75) is 52.0 Å². The Balaban J connectivity index is 2.38. The molecule has 0 radical (unpaired) electrons. The number of rotatable bonds is 6. The molecule has 0 saturated carbocycles. The fourth-order valence-electron chi connectivity index (χ4n) is 2.58. The second kappa shape index (κ2) is 7.34. The summed E-state index contributed by atoms with van der Waals surface area (Å²) in [6, 6.07) is 0.643. The summed E-state index contributed by atoms with van der Waals surface area (Å²) < 4.78 is 0. The van der Waals surface area contributed by atoms with Crippen LogP contribution >= 0.6 is 0 Å². The average molecular weight is 242 g/mol. The largest absolute Gasteiger partial charge is 0.396 e. The van der Waals surface area contributed by atoms with Crippen LogP contribution in [0.3, 0.4) is 0 Å². The molecule has 0 aromatic carbocycles. The Morgan fingerprint density at radius 3 is 2.53 bits per heavy atom. The summed E-state index contributed by atoms with van der Waals surface area (Å²) in [5, 5.41) is 13.2. The molecule has 0 aliphatic carbocycles. The van der Waals surface area contributed by atoms with Crippen LogP contribution in [-0.4, -0.2) is 49.3 Å². The number of hydrogen-bond acceptors (Lipinski definition) is 3. The highest BCUT2D eigenvalue weighted by Gasteiger charge is 2.26. The maximum atomic E-state index is 9.56. The normalized spacial score (nSPS) is 23.6. The van der Waals surface area contributed by atoms with Gasteiger partial charge in [-0.2, -0.15) is 0 Å². The van der Waals surface area contributed by atoms with Gasteiger partial charge in [0.1, 0.15) is 0 Å². The molecule has 1 rings (SSSR count). The van der Waals surface area contributed by atoms with E-state index >= 15 is 0 Å². The third-order valence-electron chi connectivity index (χ3n) is 4.55. The molecule has 1 unspecified atom stereocenters. The highest BCUT2D eigenvalue weighted by Crippen LogP contribution is 2.25. The van der Waals surface area contributed by atoms with Gasteiger partial charge >= 0.3 is 0 Å². The molecule has 0 aromatic heterocycles. The number of aliphatic hydroxyl groups is 1. The van der Waals surface area contributed by atoms with Crippen molar-refractivity contribution in [1.82, 2.24) is 10.2 Å². The average Bonchev–Trinajstić information content (AvgIpc) is 2.57. The van der Waals surface area contributed by atoms with Crippen LogP contribution in [0.15, 0.2) is 0 Å². The first-order valence-corrected chi connectivity index (χ1v) is 7.18. The molecule has 102 valence electrons. The van der Waals surface area contributed by atoms with E-state index in [-0.39, 0.29) is 5.41 Å². The second-order valence-corrected chi connectivity index (χ2v) is 5.68. The van der Waals surface area contributed by atoms with E-state index in [4.69, 9.17) is 0 Å². The first kappa shape index (κ1) is 14.9. The van der Waals surface area contributed by atoms with Crippen molar-refractivity contribution >= 4 is 0 Å². The van der Waals surface area contributed by atoms with Gasteiger partial charge in [-0.3, -0.25) is 0 Å². The Bertz CT molecular complexity index is 196. The van der Waals surface area contributed by atoms with Gasteiger partial charge in [-0.25, -0.2) is 0 Å². The van der Waals surface area contributed by atoms with Gasteiger partial charge < -0.3 is 15.3 Å². The number of nitrogens with one attached hydrogen (secondary N) is 1. The van der Waals surface area contributed by atoms with E-state index in [9.17, 15) is 5.11 Å². The van der Waals surface area contributed by atoms with Crippen LogP contribution in [0.25, 0.3) is 0 Å². The smallest absolute Gasteiger partial charge is 0.0499 e. The topological polar surface area (TPSA) is 35.5 Å². The van der Waals surface area contributed by atoms with Gasteiger partial charge in [0.2, 0.25) is 0 Å². The zero-order chi connectivity index (χ0) is 12.7. The van der Waals surface area contributed by atoms with E-state index in [1.54, 1.807) is 0 Å². The maximum Gasteiger partial charge on any atom is 0.0499 e. The Labute approximate surface area is 107 Å². The van der Waals surface area contributed by atoms with E-state index in [0.717, 1.165) is 19.4 Å². The molecule has 1 fully saturated rings. The van der Waals surface area contributed by atoms with Crippen molar-refractivity contribution in [3.8, 4) is 0 Å². The van der Waals surface area contributed by atoms with Gasteiger partial charge in [-0.05, 0) is 52.2 Å². The molecule has 3 heteroatoms. The van der Waals surface area contributed by atoms with Crippen molar-refractivity contribution < 1.29 is 5.11 Å². The Kier molecular flexibility index (Phi) is 6.45. The Hall–Kier alpha value is -0.120. The maximum absolute atomic E-state index is 9.56. The number of aliphatic hydroxyl groups excluding tert-OH is 1. The third-order valence-corrected chi connectivity index (χ3v) is 4.55. The lowest BCUT2D eigenvalue weighted by Crippen LogP contribution is -2.41. The summed E-state index contributed by atoms with van der Waals surface area (Å²) in [5.74, 6) is 0. The van der Waals surface area contributed by atoms with Crippen molar-refractivity contribution in [2.24, 2.45) is 5.41 Å². The summed E-state index contributed by atoms with van der Waals surface area (Å²) >= 11 is 0. The summed E-state index contributed by atoms with van der Waals surface area (Å²) in [7, 11) is 2.21. The van der Waals surface area contributed by atoms with Crippen LogP contribution in [0.5, 0.6) is 0 Å². The number of hydrogen-bond donors (Lipinski definition) is 2. The SMILES string of the molecule is CCC(CC)(CO)CNC1CCCN(C)CC1. The zero-order valence-electron chi connectivity index (χ0n) is 11.8. The molecule has 1 heterocycles. The van der Waals surface area contributed by atoms with E-state index in [0.29, 0.717) is 12.6 Å². The molecule has 2 N–H and O–H groups in total. The van der Waals surface area contributed by atoms with E-state index < -0.39 is 0 Å². The predicted octanol–water partition coefficient (Wildman–Crippen LogP) is 1.86. The summed E-state index contributed by atoms with van der Waals surface area (Å²) in [4.78, 5) is 2.42. The molecule has 1 aliphatic rings. The van der Waals surface area contributed by atoms with Gasteiger partial charge in [-0.15, -0.1) is 0 Å². The molecular formula is C14H30N2O. The van der Waals surface area contributed by atoms with Gasteiger partial charge in [0.25, 0.3) is 0 Å². The highest BCUT2D eigenvalue weighted by atomic mass is 16.3. The molecular weight excluding hydrogens is 212 g/mol. The van der Waals surface area contributed by atoms with Crippen molar-refractivity contribution in [3.63, 3.8) is 0 Å². The van der Waals surface area contributed by atoms with Crippen molar-refractivity contribution in [3.05, 3.63) is 0 Å². The van der Waals surface area contributed by atoms with Crippen molar-refractivity contribution in [2.75, 3.05) is 33.3 Å². The fraction of sp³-hybridized carbons (Fsp3) is 1.00. The van der Waals surface area contributed by atoms with Gasteiger partial charge in [0.15, 0.2) is 0 Å². The quantitative estimate of drug-likeness (QED) is 0.746. The summed E-state index contributed by atoms with van der Waals surface area (Å²) in [6.45, 7) is 8.06. The highest BCUT2D eigenvalue weighted by molar-refractivity contribution is 4.82. The second-order valence-electron chi connectivity index (χ2n) is 5.68. The minimum atomic E-state index is 0.0954. The molecule has 0 amide bonds. The lowest BCUT2D eigenvalue weighted by Gasteiger charge is -2.32. The predicted molar refractivity (Wildman–Crippen MR) is 73.2 cm³/mol. The van der Waals surface area contributed by atoms with Crippen LogP contribution in [-0.2, 0) is 0 Å². The van der Waals surface area contributed by atoms with Crippen LogP contribution < -0.4 is 5.32 Å². The van der Waals surface area contributed by atoms with Crippen LogP contribution in [0.1, 0.15) is 46.0 Å². The standard InChI is InChI=1S/C14H30N2O/c1-4-14(5-2,12-17)11-15-13-7-6-9-16(3)10-8-13/h13,15,17H,4-12H2,1-3H3. The molecule has 1 atom stereocenters. The molecule has 0 aromatic rings. The monoisotopic (exact) mass is 242 g/mol. The Morgan fingerprint density at radius 1 is 1.24 bits per heavy atom. The summed E-state index contributed by atoms with van der Waals surface area (Å²) in [6.07, 6.45) is 5.92. The van der Waals surface area contributed by atoms with Gasteiger partial charge in [0.05, 0.1) is 0 Å². The van der Waals surface area contributed by atoms with Gasteiger partial charge in [-0.1, -0.05) is 13.8 Å². The lowest BCUT2D eigenvalue weighted by molar-refractivity contribution is 0.109. The minimum absolute atomic E-state index is 0.0954. The molecule has 0 bridgehead atoms. The lowest BCUT2D eigenvalue weighted by atomic mass is 9.83. The molecule has 3 nitrogen and oxygen atoms in total. The van der Waals surface area contributed by atoms with Crippen LogP contribution in [0, 0.1) is 5.41 Å². The van der Waals surface area contributed by atoms with Crippen molar-refractivity contribution in [1.29, 1.82) is 0 Å². The van der Waals surface area contributed by atoms with E-state index in [1.807, 2.05) is 0 Å². The zero-order valence-corrected chi connectivity index (χ0v) is 11.8. The van der Waals surface area contributed by atoms with Crippen LogP contribution in [0.2, 0.25) is 0 Å².